The van der Waals surface area contributed by atoms with Crippen LogP contribution in [0.4, 0.5) is 0 Å². The number of likely N-dealkylation sites (tertiary alicyclic amines) is 1. The molecule has 2 saturated heterocycles. The Morgan fingerprint density at radius 3 is 2.75 bits per heavy atom. The molecule has 0 aliphatic carbocycles. The van der Waals surface area contributed by atoms with E-state index in [0.717, 1.165) is 12.6 Å². The first-order valence-corrected chi connectivity index (χ1v) is 5.20. The Kier molecular flexibility index (Phi) is 2.66. The second-order valence-electron chi connectivity index (χ2n) is 4.10. The molecule has 2 fully saturated rings. The molecule has 2 unspecified atom stereocenters. The van der Waals surface area contributed by atoms with Crippen LogP contribution in [0.5, 0.6) is 0 Å². The number of rotatable bonds is 1. The average Bonchev–Trinajstić information content (AvgIpc) is 2.57. The van der Waals surface area contributed by atoms with Crippen LogP contribution in [0.25, 0.3) is 0 Å². The summed E-state index contributed by atoms with van der Waals surface area (Å²) in [7, 11) is 2.24. The van der Waals surface area contributed by atoms with E-state index in [1.165, 1.54) is 38.6 Å². The number of hydrogen-bond donors (Lipinski definition) is 0. The topological polar surface area (TPSA) is 12.5 Å². The van der Waals surface area contributed by atoms with E-state index < -0.39 is 0 Å². The minimum atomic E-state index is 0.551. The van der Waals surface area contributed by atoms with Crippen LogP contribution in [0.3, 0.4) is 0 Å². The normalized spacial score (nSPS) is 38.8. The van der Waals surface area contributed by atoms with Crippen LogP contribution in [0, 0.1) is 0 Å². The molecule has 0 aromatic carbocycles. The van der Waals surface area contributed by atoms with Gasteiger partial charge in [0.05, 0.1) is 6.10 Å². The maximum Gasteiger partial charge on any atom is 0.0730 e. The lowest BCUT2D eigenvalue weighted by Gasteiger charge is -2.35. The first-order chi connectivity index (χ1) is 5.88. The maximum atomic E-state index is 5.72. The SMILES string of the molecule is CN1CCCCC1C1CCCO1. The van der Waals surface area contributed by atoms with Gasteiger partial charge in [-0.05, 0) is 39.3 Å². The van der Waals surface area contributed by atoms with E-state index in [4.69, 9.17) is 4.74 Å². The lowest BCUT2D eigenvalue weighted by atomic mass is 9.96. The van der Waals surface area contributed by atoms with E-state index >= 15 is 0 Å². The van der Waals surface area contributed by atoms with Crippen molar-refractivity contribution in [1.29, 1.82) is 0 Å². The molecule has 0 bridgehead atoms. The summed E-state index contributed by atoms with van der Waals surface area (Å²) < 4.78 is 5.72. The highest BCUT2D eigenvalue weighted by atomic mass is 16.5. The van der Waals surface area contributed by atoms with Crippen molar-refractivity contribution in [3.8, 4) is 0 Å². The Hall–Kier alpha value is -0.0800. The Balaban J connectivity index is 1.91. The molecule has 2 nitrogen and oxygen atoms in total. The summed E-state index contributed by atoms with van der Waals surface area (Å²) in [4.78, 5) is 2.49. The predicted molar refractivity (Wildman–Crippen MR) is 49.2 cm³/mol. The Morgan fingerprint density at radius 2 is 2.08 bits per heavy atom. The summed E-state index contributed by atoms with van der Waals surface area (Å²) in [5.74, 6) is 0. The van der Waals surface area contributed by atoms with Gasteiger partial charge < -0.3 is 9.64 Å². The van der Waals surface area contributed by atoms with Crippen molar-refractivity contribution < 1.29 is 4.74 Å². The predicted octanol–water partition coefficient (Wildman–Crippen LogP) is 1.65. The smallest absolute Gasteiger partial charge is 0.0730 e. The zero-order valence-electron chi connectivity index (χ0n) is 7.96. The van der Waals surface area contributed by atoms with Crippen molar-refractivity contribution in [2.24, 2.45) is 0 Å². The number of hydrogen-bond acceptors (Lipinski definition) is 2. The van der Waals surface area contributed by atoms with Gasteiger partial charge in [-0.1, -0.05) is 6.42 Å². The first kappa shape index (κ1) is 8.52. The van der Waals surface area contributed by atoms with Crippen LogP contribution in [-0.2, 0) is 4.74 Å². The molecule has 0 N–H and O–H groups in total. The molecule has 2 heterocycles. The standard InChI is InChI=1S/C10H19NO/c1-11-7-3-2-5-9(11)10-6-4-8-12-10/h9-10H,2-8H2,1H3. The van der Waals surface area contributed by atoms with Crippen LogP contribution in [0.1, 0.15) is 32.1 Å². The highest BCUT2D eigenvalue weighted by Crippen LogP contribution is 2.25. The number of ether oxygens (including phenoxy) is 1. The monoisotopic (exact) mass is 169 g/mol. The van der Waals surface area contributed by atoms with Crippen molar-refractivity contribution in [3.63, 3.8) is 0 Å². The minimum Gasteiger partial charge on any atom is -0.377 e. The van der Waals surface area contributed by atoms with Gasteiger partial charge in [0.15, 0.2) is 0 Å². The van der Waals surface area contributed by atoms with E-state index in [1.807, 2.05) is 0 Å². The van der Waals surface area contributed by atoms with Gasteiger partial charge in [-0.25, -0.2) is 0 Å². The third-order valence-corrected chi connectivity index (χ3v) is 3.22. The molecule has 12 heavy (non-hydrogen) atoms. The summed E-state index contributed by atoms with van der Waals surface area (Å²) in [5.41, 5.74) is 0. The van der Waals surface area contributed by atoms with Crippen LogP contribution < -0.4 is 0 Å². The summed E-state index contributed by atoms with van der Waals surface area (Å²) in [5, 5.41) is 0. The quantitative estimate of drug-likeness (QED) is 0.592. The number of likely N-dealkylation sites (N-methyl/N-ethyl adjacent to an activating group) is 1. The van der Waals surface area contributed by atoms with Crippen LogP contribution in [0.2, 0.25) is 0 Å². The zero-order chi connectivity index (χ0) is 8.39. The van der Waals surface area contributed by atoms with Crippen LogP contribution in [-0.4, -0.2) is 37.2 Å². The molecule has 0 aromatic rings. The van der Waals surface area contributed by atoms with Gasteiger partial charge in [-0.3, -0.25) is 0 Å². The summed E-state index contributed by atoms with van der Waals surface area (Å²) in [6.07, 6.45) is 7.23. The Morgan fingerprint density at radius 1 is 1.17 bits per heavy atom. The van der Waals surface area contributed by atoms with Gasteiger partial charge in [-0.15, -0.1) is 0 Å². The third-order valence-electron chi connectivity index (χ3n) is 3.22. The third kappa shape index (κ3) is 1.64. The van der Waals surface area contributed by atoms with Gasteiger partial charge in [0.2, 0.25) is 0 Å². The molecule has 2 aliphatic heterocycles. The summed E-state index contributed by atoms with van der Waals surface area (Å²) >= 11 is 0. The second kappa shape index (κ2) is 3.75. The molecular formula is C10H19NO. The fourth-order valence-electron chi connectivity index (χ4n) is 2.48. The Bertz CT molecular complexity index is 143. The van der Waals surface area contributed by atoms with Gasteiger partial charge in [-0.2, -0.15) is 0 Å². The number of nitrogens with zero attached hydrogens (tertiary/aromatic N) is 1. The molecule has 0 aromatic heterocycles. The molecule has 0 amide bonds. The molecule has 0 radical (unpaired) electrons. The number of piperidine rings is 1. The van der Waals surface area contributed by atoms with E-state index in [2.05, 4.69) is 11.9 Å². The molecule has 0 saturated carbocycles. The van der Waals surface area contributed by atoms with Crippen molar-refractivity contribution in [1.82, 2.24) is 4.90 Å². The van der Waals surface area contributed by atoms with Gasteiger partial charge in [0, 0.05) is 12.6 Å². The van der Waals surface area contributed by atoms with E-state index in [-0.39, 0.29) is 0 Å². The fourth-order valence-corrected chi connectivity index (χ4v) is 2.48. The van der Waals surface area contributed by atoms with Gasteiger partial charge >= 0.3 is 0 Å². The lowest BCUT2D eigenvalue weighted by molar-refractivity contribution is 0.0176. The average molecular weight is 169 g/mol. The molecule has 2 aliphatic rings. The van der Waals surface area contributed by atoms with Crippen molar-refractivity contribution >= 4 is 0 Å². The molecule has 0 spiro atoms. The van der Waals surface area contributed by atoms with Crippen molar-refractivity contribution in [2.75, 3.05) is 20.2 Å². The van der Waals surface area contributed by atoms with Gasteiger partial charge in [0.25, 0.3) is 0 Å². The Labute approximate surface area is 74.9 Å². The molecule has 2 rings (SSSR count). The lowest BCUT2D eigenvalue weighted by Crippen LogP contribution is -2.44. The molecule has 2 heteroatoms. The van der Waals surface area contributed by atoms with E-state index in [9.17, 15) is 0 Å². The van der Waals surface area contributed by atoms with Crippen LogP contribution >= 0.6 is 0 Å². The van der Waals surface area contributed by atoms with Crippen LogP contribution in [0.15, 0.2) is 0 Å². The second-order valence-corrected chi connectivity index (χ2v) is 4.10. The fraction of sp³-hybridized carbons (Fsp3) is 1.00. The van der Waals surface area contributed by atoms with Crippen molar-refractivity contribution in [3.05, 3.63) is 0 Å². The largest absolute Gasteiger partial charge is 0.377 e. The maximum absolute atomic E-state index is 5.72. The highest BCUT2D eigenvalue weighted by molar-refractivity contribution is 4.84. The molecule has 2 atom stereocenters. The summed E-state index contributed by atoms with van der Waals surface area (Å²) in [6.45, 7) is 2.26. The minimum absolute atomic E-state index is 0.551. The highest BCUT2D eigenvalue weighted by Gasteiger charge is 2.30. The van der Waals surface area contributed by atoms with Gasteiger partial charge in [0.1, 0.15) is 0 Å². The molecule has 70 valence electrons. The van der Waals surface area contributed by atoms with E-state index in [1.54, 1.807) is 0 Å². The van der Waals surface area contributed by atoms with E-state index in [0.29, 0.717) is 6.10 Å². The summed E-state index contributed by atoms with van der Waals surface area (Å²) in [6, 6.07) is 0.723. The van der Waals surface area contributed by atoms with Crippen molar-refractivity contribution in [2.45, 2.75) is 44.2 Å². The molecular weight excluding hydrogens is 150 g/mol. The first-order valence-electron chi connectivity index (χ1n) is 5.20. The zero-order valence-corrected chi connectivity index (χ0v) is 7.96.